The molecular formula is C32H66O2S. The summed E-state index contributed by atoms with van der Waals surface area (Å²) in [6.07, 6.45) is 34.2. The Bertz CT molecular complexity index is 343. The molecule has 35 heavy (non-hydrogen) atoms. The molecule has 2 nitrogen and oxygen atoms in total. The summed E-state index contributed by atoms with van der Waals surface area (Å²) in [5.41, 5.74) is 0. The van der Waals surface area contributed by atoms with Crippen LogP contribution in [-0.2, 0) is 0 Å². The molecular weight excluding hydrogens is 448 g/mol. The zero-order valence-electron chi connectivity index (χ0n) is 24.3. The molecule has 0 aliphatic carbocycles. The molecule has 0 bridgehead atoms. The first-order valence-corrected chi connectivity index (χ1v) is 17.3. The van der Waals surface area contributed by atoms with E-state index in [9.17, 15) is 10.2 Å². The first-order chi connectivity index (χ1) is 17.2. The lowest BCUT2D eigenvalue weighted by molar-refractivity contribution is 0.179. The predicted molar refractivity (Wildman–Crippen MR) is 161 cm³/mol. The highest BCUT2D eigenvalue weighted by Crippen LogP contribution is 2.17. The first-order valence-electron chi connectivity index (χ1n) is 16.1. The second kappa shape index (κ2) is 30.5. The molecule has 0 aromatic rings. The molecule has 0 aromatic heterocycles. The fourth-order valence-electron chi connectivity index (χ4n) is 4.95. The van der Waals surface area contributed by atoms with Crippen LogP contribution in [0.15, 0.2) is 0 Å². The molecule has 0 spiro atoms. The summed E-state index contributed by atoms with van der Waals surface area (Å²) in [5, 5.41) is 20.4. The van der Waals surface area contributed by atoms with Gasteiger partial charge in [-0.25, -0.2) is 0 Å². The highest BCUT2D eigenvalue weighted by molar-refractivity contribution is 7.99. The van der Waals surface area contributed by atoms with Crippen molar-refractivity contribution in [3.63, 3.8) is 0 Å². The minimum atomic E-state index is -0.193. The van der Waals surface area contributed by atoms with Crippen molar-refractivity contribution in [1.82, 2.24) is 0 Å². The van der Waals surface area contributed by atoms with Crippen molar-refractivity contribution in [2.24, 2.45) is 0 Å². The molecule has 0 aromatic carbocycles. The van der Waals surface area contributed by atoms with Gasteiger partial charge in [-0.05, 0) is 12.8 Å². The van der Waals surface area contributed by atoms with Gasteiger partial charge in [-0.3, -0.25) is 0 Å². The smallest absolute Gasteiger partial charge is 0.0630 e. The molecule has 0 amide bonds. The second-order valence-electron chi connectivity index (χ2n) is 11.2. The molecule has 0 rings (SSSR count). The monoisotopic (exact) mass is 514 g/mol. The average Bonchev–Trinajstić information content (AvgIpc) is 2.85. The number of rotatable bonds is 30. The lowest BCUT2D eigenvalue weighted by Crippen LogP contribution is -2.14. The van der Waals surface area contributed by atoms with Crippen molar-refractivity contribution in [2.45, 2.75) is 193 Å². The molecule has 0 radical (unpaired) electrons. The van der Waals surface area contributed by atoms with E-state index < -0.39 is 0 Å². The van der Waals surface area contributed by atoms with Gasteiger partial charge in [-0.1, -0.05) is 168 Å². The van der Waals surface area contributed by atoms with Crippen LogP contribution in [-0.4, -0.2) is 33.9 Å². The van der Waals surface area contributed by atoms with E-state index in [2.05, 4.69) is 13.8 Å². The Morgan fingerprint density at radius 3 is 0.857 bits per heavy atom. The summed E-state index contributed by atoms with van der Waals surface area (Å²) in [4.78, 5) is 0. The molecule has 0 saturated heterocycles. The molecule has 212 valence electrons. The van der Waals surface area contributed by atoms with Crippen molar-refractivity contribution in [3.05, 3.63) is 0 Å². The third kappa shape index (κ3) is 30.4. The summed E-state index contributed by atoms with van der Waals surface area (Å²) in [7, 11) is 0. The maximum Gasteiger partial charge on any atom is 0.0630 e. The third-order valence-corrected chi connectivity index (χ3v) is 8.64. The minimum absolute atomic E-state index is 0.193. The van der Waals surface area contributed by atoms with Crippen LogP contribution in [0.4, 0.5) is 0 Å². The SMILES string of the molecule is CCCCCCCCCCCCCCC(O)CSCC(O)CCCCCCCCCCCCCC. The van der Waals surface area contributed by atoms with Crippen molar-refractivity contribution in [3.8, 4) is 0 Å². The number of hydrogen-bond acceptors (Lipinski definition) is 3. The first kappa shape index (κ1) is 35.3. The Morgan fingerprint density at radius 1 is 0.371 bits per heavy atom. The lowest BCUT2D eigenvalue weighted by atomic mass is 10.0. The van der Waals surface area contributed by atoms with Gasteiger partial charge in [0.2, 0.25) is 0 Å². The van der Waals surface area contributed by atoms with E-state index in [1.807, 2.05) is 0 Å². The van der Waals surface area contributed by atoms with Crippen molar-refractivity contribution < 1.29 is 10.2 Å². The summed E-state index contributed by atoms with van der Waals surface area (Å²) >= 11 is 1.74. The van der Waals surface area contributed by atoms with E-state index in [0.717, 1.165) is 37.2 Å². The molecule has 2 unspecified atom stereocenters. The quantitative estimate of drug-likeness (QED) is 0.0936. The number of aliphatic hydroxyl groups excluding tert-OH is 2. The van der Waals surface area contributed by atoms with Crippen molar-refractivity contribution in [2.75, 3.05) is 11.5 Å². The molecule has 2 N–H and O–H groups in total. The van der Waals surface area contributed by atoms with Crippen LogP contribution in [0.3, 0.4) is 0 Å². The van der Waals surface area contributed by atoms with E-state index in [1.165, 1.54) is 141 Å². The van der Waals surface area contributed by atoms with Gasteiger partial charge >= 0.3 is 0 Å². The van der Waals surface area contributed by atoms with E-state index in [0.29, 0.717) is 0 Å². The number of thioether (sulfide) groups is 1. The van der Waals surface area contributed by atoms with Crippen LogP contribution >= 0.6 is 11.8 Å². The number of aliphatic hydroxyl groups is 2. The molecule has 3 heteroatoms. The van der Waals surface area contributed by atoms with Crippen molar-refractivity contribution in [1.29, 1.82) is 0 Å². The van der Waals surface area contributed by atoms with E-state index in [4.69, 9.17) is 0 Å². The highest BCUT2D eigenvalue weighted by atomic mass is 32.2. The normalized spacial score (nSPS) is 13.4. The van der Waals surface area contributed by atoms with Gasteiger partial charge in [-0.2, -0.15) is 11.8 Å². The van der Waals surface area contributed by atoms with Gasteiger partial charge < -0.3 is 10.2 Å². The Balaban J connectivity index is 3.27. The van der Waals surface area contributed by atoms with Gasteiger partial charge in [0.1, 0.15) is 0 Å². The van der Waals surface area contributed by atoms with Crippen LogP contribution < -0.4 is 0 Å². The van der Waals surface area contributed by atoms with Crippen LogP contribution in [0, 0.1) is 0 Å². The summed E-state index contributed by atoms with van der Waals surface area (Å²) in [6.45, 7) is 4.56. The zero-order valence-corrected chi connectivity index (χ0v) is 25.1. The molecule has 0 aliphatic heterocycles. The maximum absolute atomic E-state index is 10.2. The molecule has 0 aliphatic rings. The molecule has 0 saturated carbocycles. The van der Waals surface area contributed by atoms with Crippen LogP contribution in [0.5, 0.6) is 0 Å². The number of unbranched alkanes of at least 4 members (excludes halogenated alkanes) is 22. The highest BCUT2D eigenvalue weighted by Gasteiger charge is 2.08. The number of hydrogen-bond donors (Lipinski definition) is 2. The fourth-order valence-corrected chi connectivity index (χ4v) is 5.96. The molecule has 2 atom stereocenters. The van der Waals surface area contributed by atoms with Crippen LogP contribution in [0.25, 0.3) is 0 Å². The topological polar surface area (TPSA) is 40.5 Å². The van der Waals surface area contributed by atoms with Crippen molar-refractivity contribution >= 4 is 11.8 Å². The Kier molecular flexibility index (Phi) is 30.7. The third-order valence-electron chi connectivity index (χ3n) is 7.40. The Labute approximate surface area is 226 Å². The molecule has 0 heterocycles. The lowest BCUT2D eigenvalue weighted by Gasteiger charge is -2.13. The maximum atomic E-state index is 10.2. The van der Waals surface area contributed by atoms with Gasteiger partial charge in [0.15, 0.2) is 0 Å². The average molecular weight is 515 g/mol. The Hall–Kier alpha value is 0.270. The van der Waals surface area contributed by atoms with Crippen LogP contribution in [0.2, 0.25) is 0 Å². The largest absolute Gasteiger partial charge is 0.392 e. The summed E-state index contributed by atoms with van der Waals surface area (Å²) < 4.78 is 0. The predicted octanol–water partition coefficient (Wildman–Crippen LogP) is 10.6. The summed E-state index contributed by atoms with van der Waals surface area (Å²) in [6, 6.07) is 0. The van der Waals surface area contributed by atoms with E-state index in [1.54, 1.807) is 11.8 Å². The van der Waals surface area contributed by atoms with E-state index >= 15 is 0 Å². The zero-order chi connectivity index (χ0) is 25.7. The minimum Gasteiger partial charge on any atom is -0.392 e. The molecule has 0 fully saturated rings. The standard InChI is InChI=1S/C32H66O2S/c1-3-5-7-9-11-13-15-17-19-21-23-25-27-31(33)29-35-30-32(34)28-26-24-22-20-18-16-14-12-10-8-6-4-2/h31-34H,3-30H2,1-2H3. The van der Waals surface area contributed by atoms with Gasteiger partial charge in [0, 0.05) is 11.5 Å². The Morgan fingerprint density at radius 2 is 0.600 bits per heavy atom. The van der Waals surface area contributed by atoms with Gasteiger partial charge in [0.05, 0.1) is 12.2 Å². The van der Waals surface area contributed by atoms with Gasteiger partial charge in [0.25, 0.3) is 0 Å². The fraction of sp³-hybridized carbons (Fsp3) is 1.00. The summed E-state index contributed by atoms with van der Waals surface area (Å²) in [5.74, 6) is 1.57. The van der Waals surface area contributed by atoms with E-state index in [-0.39, 0.29) is 12.2 Å². The van der Waals surface area contributed by atoms with Crippen LogP contribution in [0.1, 0.15) is 181 Å². The van der Waals surface area contributed by atoms with Gasteiger partial charge in [-0.15, -0.1) is 0 Å². The second-order valence-corrected chi connectivity index (χ2v) is 12.3.